The third-order valence-corrected chi connectivity index (χ3v) is 4.28. The van der Waals surface area contributed by atoms with Gasteiger partial charge in [0.15, 0.2) is 6.10 Å². The lowest BCUT2D eigenvalue weighted by molar-refractivity contribution is -0.128. The van der Waals surface area contributed by atoms with Crippen molar-refractivity contribution in [3.05, 3.63) is 64.7 Å². The molecule has 0 unspecified atom stereocenters. The van der Waals surface area contributed by atoms with Crippen LogP contribution in [0.3, 0.4) is 0 Å². The van der Waals surface area contributed by atoms with E-state index >= 15 is 0 Å². The molecule has 0 aliphatic rings. The molecule has 2 aromatic rings. The molecule has 0 aromatic heterocycles. The molecule has 1 amide bonds. The van der Waals surface area contributed by atoms with Crippen LogP contribution in [0.1, 0.15) is 48.6 Å². The Morgan fingerprint density at radius 1 is 1.08 bits per heavy atom. The molecule has 0 fully saturated rings. The van der Waals surface area contributed by atoms with Crippen LogP contribution in [0.4, 0.5) is 0 Å². The van der Waals surface area contributed by atoms with Crippen molar-refractivity contribution in [2.75, 3.05) is 0 Å². The minimum absolute atomic E-state index is 0.0485. The van der Waals surface area contributed by atoms with Gasteiger partial charge in [-0.3, -0.25) is 4.79 Å². The predicted octanol–water partition coefficient (Wildman–Crippen LogP) is 4.65. The summed E-state index contributed by atoms with van der Waals surface area (Å²) in [6.07, 6.45) is 0.138. The van der Waals surface area contributed by atoms with Crippen LogP contribution in [-0.4, -0.2) is 12.0 Å². The molecular formula is C21H27NO2. The second-order valence-electron chi connectivity index (χ2n) is 6.37. The van der Waals surface area contributed by atoms with E-state index in [0.29, 0.717) is 6.42 Å². The lowest BCUT2D eigenvalue weighted by Gasteiger charge is -2.22. The van der Waals surface area contributed by atoms with Crippen molar-refractivity contribution in [2.24, 2.45) is 0 Å². The van der Waals surface area contributed by atoms with Gasteiger partial charge in [-0.25, -0.2) is 0 Å². The highest BCUT2D eigenvalue weighted by Gasteiger charge is 2.21. The molecule has 2 rings (SSSR count). The summed E-state index contributed by atoms with van der Waals surface area (Å²) >= 11 is 0. The smallest absolute Gasteiger partial charge is 0.261 e. The molecule has 2 aromatic carbocycles. The molecule has 3 nitrogen and oxygen atoms in total. The maximum Gasteiger partial charge on any atom is 0.261 e. The molecule has 3 heteroatoms. The topological polar surface area (TPSA) is 38.3 Å². The minimum Gasteiger partial charge on any atom is -0.480 e. The Labute approximate surface area is 145 Å². The third-order valence-electron chi connectivity index (χ3n) is 4.28. The lowest BCUT2D eigenvalue weighted by atomic mass is 10.00. The monoisotopic (exact) mass is 325 g/mol. The Balaban J connectivity index is 2.07. The van der Waals surface area contributed by atoms with Crippen molar-refractivity contribution in [1.29, 1.82) is 0 Å². The van der Waals surface area contributed by atoms with Crippen LogP contribution in [0.2, 0.25) is 0 Å². The molecular weight excluding hydrogens is 298 g/mol. The maximum absolute atomic E-state index is 12.6. The summed E-state index contributed by atoms with van der Waals surface area (Å²) in [6.45, 7) is 10.1. The molecule has 0 bridgehead atoms. The van der Waals surface area contributed by atoms with E-state index in [9.17, 15) is 4.79 Å². The summed E-state index contributed by atoms with van der Waals surface area (Å²) in [4.78, 5) is 12.6. The second kappa shape index (κ2) is 8.00. The van der Waals surface area contributed by atoms with Crippen LogP contribution in [0.25, 0.3) is 0 Å². The molecule has 1 N–H and O–H groups in total. The van der Waals surface area contributed by atoms with Gasteiger partial charge in [-0.1, -0.05) is 48.9 Å². The number of carbonyl (C=O) groups is 1. The van der Waals surface area contributed by atoms with Crippen LogP contribution < -0.4 is 10.1 Å². The number of carbonyl (C=O) groups excluding carboxylic acids is 1. The second-order valence-corrected chi connectivity index (χ2v) is 6.37. The number of amides is 1. The zero-order valence-corrected chi connectivity index (χ0v) is 15.2. The average molecular weight is 325 g/mol. The molecule has 0 radical (unpaired) electrons. The van der Waals surface area contributed by atoms with E-state index < -0.39 is 6.10 Å². The first-order chi connectivity index (χ1) is 11.4. The molecule has 24 heavy (non-hydrogen) atoms. The Morgan fingerprint density at radius 3 is 2.42 bits per heavy atom. The number of hydrogen-bond donors (Lipinski definition) is 1. The zero-order chi connectivity index (χ0) is 17.7. The van der Waals surface area contributed by atoms with Gasteiger partial charge < -0.3 is 10.1 Å². The van der Waals surface area contributed by atoms with Gasteiger partial charge in [0.1, 0.15) is 5.75 Å². The highest BCUT2D eigenvalue weighted by molar-refractivity contribution is 5.81. The van der Waals surface area contributed by atoms with E-state index in [-0.39, 0.29) is 11.9 Å². The van der Waals surface area contributed by atoms with Crippen LogP contribution in [-0.2, 0) is 4.79 Å². The molecule has 0 saturated heterocycles. The third kappa shape index (κ3) is 4.38. The molecule has 2 atom stereocenters. The van der Waals surface area contributed by atoms with Crippen LogP contribution in [0.15, 0.2) is 42.5 Å². The number of nitrogens with one attached hydrogen (secondary N) is 1. The van der Waals surface area contributed by atoms with Crippen LogP contribution in [0, 0.1) is 20.8 Å². The molecule has 128 valence electrons. The average Bonchev–Trinajstić information content (AvgIpc) is 2.53. The van der Waals surface area contributed by atoms with Gasteiger partial charge >= 0.3 is 0 Å². The van der Waals surface area contributed by atoms with E-state index in [4.69, 9.17) is 4.74 Å². The van der Waals surface area contributed by atoms with Gasteiger partial charge in [0.05, 0.1) is 6.04 Å². The first-order valence-corrected chi connectivity index (χ1v) is 8.52. The number of hydrogen-bond acceptors (Lipinski definition) is 2. The van der Waals surface area contributed by atoms with Crippen molar-refractivity contribution in [2.45, 2.75) is 53.2 Å². The Bertz CT molecular complexity index is 709. The van der Waals surface area contributed by atoms with E-state index in [0.717, 1.165) is 16.9 Å². The van der Waals surface area contributed by atoms with Gasteiger partial charge in [-0.2, -0.15) is 0 Å². The fourth-order valence-corrected chi connectivity index (χ4v) is 2.86. The summed E-state index contributed by atoms with van der Waals surface area (Å²) in [5.41, 5.74) is 4.59. The van der Waals surface area contributed by atoms with E-state index in [1.807, 2.05) is 45.0 Å². The van der Waals surface area contributed by atoms with Gasteiger partial charge in [0.2, 0.25) is 0 Å². The van der Waals surface area contributed by atoms with Gasteiger partial charge in [0, 0.05) is 0 Å². The minimum atomic E-state index is -0.487. The SMILES string of the molecule is CC[C@H](Oc1ccccc1C)C(=O)N[C@H](C)c1ccc(C)cc1C. The largest absolute Gasteiger partial charge is 0.480 e. The molecule has 0 aliphatic carbocycles. The summed E-state index contributed by atoms with van der Waals surface area (Å²) in [5, 5.41) is 3.08. The summed E-state index contributed by atoms with van der Waals surface area (Å²) < 4.78 is 5.93. The quantitative estimate of drug-likeness (QED) is 0.840. The molecule has 0 heterocycles. The van der Waals surface area contributed by atoms with Crippen molar-refractivity contribution < 1.29 is 9.53 Å². The first kappa shape index (κ1) is 18.1. The zero-order valence-electron chi connectivity index (χ0n) is 15.2. The van der Waals surface area contributed by atoms with E-state index in [1.54, 1.807) is 0 Å². The van der Waals surface area contributed by atoms with Crippen LogP contribution >= 0.6 is 0 Å². The van der Waals surface area contributed by atoms with Crippen LogP contribution in [0.5, 0.6) is 5.75 Å². The summed E-state index contributed by atoms with van der Waals surface area (Å²) in [5.74, 6) is 0.687. The van der Waals surface area contributed by atoms with E-state index in [1.165, 1.54) is 11.1 Å². The fourth-order valence-electron chi connectivity index (χ4n) is 2.86. The van der Waals surface area contributed by atoms with Crippen molar-refractivity contribution >= 4 is 5.91 Å². The van der Waals surface area contributed by atoms with Crippen molar-refractivity contribution in [3.63, 3.8) is 0 Å². The van der Waals surface area contributed by atoms with Crippen molar-refractivity contribution in [1.82, 2.24) is 5.32 Å². The molecule has 0 aliphatic heterocycles. The predicted molar refractivity (Wildman–Crippen MR) is 98.4 cm³/mol. The highest BCUT2D eigenvalue weighted by Crippen LogP contribution is 2.21. The standard InChI is InChI=1S/C21H27NO2/c1-6-19(24-20-10-8-7-9-15(20)3)21(23)22-17(5)18-12-11-14(2)13-16(18)4/h7-13,17,19H,6H2,1-5H3,(H,22,23)/t17-,19+/m1/s1. The maximum atomic E-state index is 12.6. The number of aryl methyl sites for hydroxylation is 3. The molecule has 0 spiro atoms. The van der Waals surface area contributed by atoms with E-state index in [2.05, 4.69) is 37.4 Å². The fraction of sp³-hybridized carbons (Fsp3) is 0.381. The Hall–Kier alpha value is -2.29. The Kier molecular flexibility index (Phi) is 6.02. The number of rotatable bonds is 6. The Morgan fingerprint density at radius 2 is 1.79 bits per heavy atom. The highest BCUT2D eigenvalue weighted by atomic mass is 16.5. The molecule has 0 saturated carbocycles. The van der Waals surface area contributed by atoms with Gasteiger partial charge in [-0.15, -0.1) is 0 Å². The van der Waals surface area contributed by atoms with Gasteiger partial charge in [0.25, 0.3) is 5.91 Å². The normalized spacial score (nSPS) is 13.2. The first-order valence-electron chi connectivity index (χ1n) is 8.52. The van der Waals surface area contributed by atoms with Gasteiger partial charge in [-0.05, 0) is 56.9 Å². The number of benzene rings is 2. The number of ether oxygens (including phenoxy) is 1. The number of para-hydroxylation sites is 1. The lowest BCUT2D eigenvalue weighted by Crippen LogP contribution is -2.39. The summed E-state index contributed by atoms with van der Waals surface area (Å²) in [7, 11) is 0. The van der Waals surface area contributed by atoms with Crippen molar-refractivity contribution in [3.8, 4) is 5.75 Å². The summed E-state index contributed by atoms with van der Waals surface area (Å²) in [6, 6.07) is 14.0.